The van der Waals surface area contributed by atoms with Crippen molar-refractivity contribution < 1.29 is 14.3 Å². The Labute approximate surface area is 94.8 Å². The first-order chi connectivity index (χ1) is 7.57. The van der Waals surface area contributed by atoms with Crippen LogP contribution in [0, 0.1) is 0 Å². The van der Waals surface area contributed by atoms with E-state index in [2.05, 4.69) is 0 Å². The highest BCUT2D eigenvalue weighted by atomic mass is 16.5. The first-order valence-corrected chi connectivity index (χ1v) is 4.94. The molecule has 0 saturated carbocycles. The third-order valence-corrected chi connectivity index (χ3v) is 2.42. The lowest BCUT2D eigenvalue weighted by Gasteiger charge is -2.25. The molecule has 0 saturated heterocycles. The van der Waals surface area contributed by atoms with Crippen LogP contribution in [0.25, 0.3) is 0 Å². The zero-order valence-electron chi connectivity index (χ0n) is 9.64. The Balaban J connectivity index is 3.06. The van der Waals surface area contributed by atoms with Gasteiger partial charge in [-0.25, -0.2) is 4.79 Å². The normalized spacial score (nSPS) is 11.7. The van der Waals surface area contributed by atoms with E-state index in [-0.39, 0.29) is 5.91 Å². The van der Waals surface area contributed by atoms with Crippen LogP contribution in [0.4, 0.5) is 0 Å². The second-order valence-corrected chi connectivity index (χ2v) is 3.47. The molecule has 0 bridgehead atoms. The summed E-state index contributed by atoms with van der Waals surface area (Å²) in [7, 11) is 2.89. The molecule has 0 aliphatic rings. The maximum absolute atomic E-state index is 11.6. The van der Waals surface area contributed by atoms with Gasteiger partial charge in [-0.1, -0.05) is 30.3 Å². The van der Waals surface area contributed by atoms with Gasteiger partial charge in [-0.05, 0) is 5.56 Å². The summed E-state index contributed by atoms with van der Waals surface area (Å²) in [5.74, 6) is -0.622. The molecule has 1 amide bonds. The molecule has 1 aromatic rings. The monoisotopic (exact) mass is 221 g/mol. The van der Waals surface area contributed by atoms with E-state index in [1.807, 2.05) is 18.2 Å². The van der Waals surface area contributed by atoms with Crippen molar-refractivity contribution in [2.45, 2.75) is 13.0 Å². The SMILES string of the molecule is COC(=O)C(c1ccccc1)N(C)C(C)=O. The Hall–Kier alpha value is -1.84. The van der Waals surface area contributed by atoms with E-state index in [1.165, 1.54) is 18.9 Å². The van der Waals surface area contributed by atoms with E-state index in [4.69, 9.17) is 4.74 Å². The average Bonchev–Trinajstić information content (AvgIpc) is 2.30. The van der Waals surface area contributed by atoms with Crippen LogP contribution >= 0.6 is 0 Å². The highest BCUT2D eigenvalue weighted by molar-refractivity contribution is 5.84. The molecular formula is C12H15NO3. The second-order valence-electron chi connectivity index (χ2n) is 3.47. The van der Waals surface area contributed by atoms with E-state index >= 15 is 0 Å². The van der Waals surface area contributed by atoms with Gasteiger partial charge in [0.1, 0.15) is 0 Å². The van der Waals surface area contributed by atoms with E-state index < -0.39 is 12.0 Å². The molecule has 16 heavy (non-hydrogen) atoms. The maximum Gasteiger partial charge on any atom is 0.333 e. The van der Waals surface area contributed by atoms with Gasteiger partial charge < -0.3 is 9.64 Å². The standard InChI is InChI=1S/C12H15NO3/c1-9(14)13(2)11(12(15)16-3)10-7-5-4-6-8-10/h4-8,11H,1-3H3. The number of nitrogens with zero attached hydrogens (tertiary/aromatic N) is 1. The predicted octanol–water partition coefficient (Wildman–Crippen LogP) is 1.38. The van der Waals surface area contributed by atoms with Crippen molar-refractivity contribution in [3.63, 3.8) is 0 Å². The smallest absolute Gasteiger partial charge is 0.333 e. The lowest BCUT2D eigenvalue weighted by molar-refractivity contribution is -0.151. The molecule has 1 unspecified atom stereocenters. The molecule has 0 heterocycles. The number of methoxy groups -OCH3 is 1. The molecule has 0 aliphatic heterocycles. The average molecular weight is 221 g/mol. The van der Waals surface area contributed by atoms with Crippen molar-refractivity contribution in [2.75, 3.05) is 14.2 Å². The number of hydrogen-bond acceptors (Lipinski definition) is 3. The number of benzene rings is 1. The van der Waals surface area contributed by atoms with Crippen LogP contribution in [0.5, 0.6) is 0 Å². The van der Waals surface area contributed by atoms with Crippen LogP contribution in [0.1, 0.15) is 18.5 Å². The van der Waals surface area contributed by atoms with E-state index in [1.54, 1.807) is 19.2 Å². The molecular weight excluding hydrogens is 206 g/mol. The fraction of sp³-hybridized carbons (Fsp3) is 0.333. The second kappa shape index (κ2) is 5.30. The number of hydrogen-bond donors (Lipinski definition) is 0. The number of esters is 1. The first-order valence-electron chi connectivity index (χ1n) is 4.94. The summed E-state index contributed by atoms with van der Waals surface area (Å²) >= 11 is 0. The third-order valence-electron chi connectivity index (χ3n) is 2.42. The van der Waals surface area contributed by atoms with Crippen molar-refractivity contribution in [1.82, 2.24) is 4.90 Å². The minimum Gasteiger partial charge on any atom is -0.467 e. The van der Waals surface area contributed by atoms with Crippen LogP contribution in [-0.4, -0.2) is 30.9 Å². The Bertz CT molecular complexity index is 375. The molecule has 86 valence electrons. The number of carbonyl (C=O) groups is 2. The van der Waals surface area contributed by atoms with Crippen LogP contribution < -0.4 is 0 Å². The summed E-state index contributed by atoms with van der Waals surface area (Å²) in [5, 5.41) is 0. The molecule has 0 aromatic heterocycles. The molecule has 0 spiro atoms. The van der Waals surface area contributed by atoms with Crippen molar-refractivity contribution in [3.05, 3.63) is 35.9 Å². The topological polar surface area (TPSA) is 46.6 Å². The zero-order chi connectivity index (χ0) is 12.1. The van der Waals surface area contributed by atoms with Crippen LogP contribution in [-0.2, 0) is 14.3 Å². The largest absolute Gasteiger partial charge is 0.467 e. The van der Waals surface area contributed by atoms with E-state index in [0.717, 1.165) is 5.56 Å². The Morgan fingerprint density at radius 3 is 2.25 bits per heavy atom. The minimum absolute atomic E-state index is 0.181. The molecule has 4 nitrogen and oxygen atoms in total. The summed E-state index contributed by atoms with van der Waals surface area (Å²) in [6, 6.07) is 8.40. The van der Waals surface area contributed by atoms with Crippen LogP contribution in [0.3, 0.4) is 0 Å². The molecule has 1 aromatic carbocycles. The molecule has 0 N–H and O–H groups in total. The first kappa shape index (κ1) is 12.2. The van der Waals surface area contributed by atoms with Gasteiger partial charge in [-0.3, -0.25) is 4.79 Å². The maximum atomic E-state index is 11.6. The lowest BCUT2D eigenvalue weighted by Crippen LogP contribution is -2.35. The minimum atomic E-state index is -0.677. The number of amides is 1. The molecule has 1 atom stereocenters. The highest BCUT2D eigenvalue weighted by Gasteiger charge is 2.27. The van der Waals surface area contributed by atoms with Crippen molar-refractivity contribution >= 4 is 11.9 Å². The summed E-state index contributed by atoms with van der Waals surface area (Å²) in [5.41, 5.74) is 0.743. The summed E-state index contributed by atoms with van der Waals surface area (Å²) in [6.45, 7) is 1.42. The van der Waals surface area contributed by atoms with Gasteiger partial charge in [0.05, 0.1) is 7.11 Å². The Morgan fingerprint density at radius 1 is 1.25 bits per heavy atom. The van der Waals surface area contributed by atoms with Gasteiger partial charge in [-0.2, -0.15) is 0 Å². The fourth-order valence-corrected chi connectivity index (χ4v) is 1.45. The van der Waals surface area contributed by atoms with E-state index in [0.29, 0.717) is 0 Å². The van der Waals surface area contributed by atoms with Crippen LogP contribution in [0.2, 0.25) is 0 Å². The van der Waals surface area contributed by atoms with Crippen molar-refractivity contribution in [1.29, 1.82) is 0 Å². The van der Waals surface area contributed by atoms with Gasteiger partial charge in [0.15, 0.2) is 6.04 Å². The number of rotatable bonds is 3. The Kier molecular flexibility index (Phi) is 4.05. The highest BCUT2D eigenvalue weighted by Crippen LogP contribution is 2.20. The molecule has 0 aliphatic carbocycles. The third kappa shape index (κ3) is 2.59. The molecule has 0 fully saturated rings. The van der Waals surface area contributed by atoms with Gasteiger partial charge in [0, 0.05) is 14.0 Å². The van der Waals surface area contributed by atoms with Crippen LogP contribution in [0.15, 0.2) is 30.3 Å². The Morgan fingerprint density at radius 2 is 1.81 bits per heavy atom. The van der Waals surface area contributed by atoms with E-state index in [9.17, 15) is 9.59 Å². The molecule has 1 rings (SSSR count). The summed E-state index contributed by atoms with van der Waals surface area (Å²) in [6.07, 6.45) is 0. The summed E-state index contributed by atoms with van der Waals surface area (Å²) in [4.78, 5) is 24.3. The number of likely N-dealkylation sites (N-methyl/N-ethyl adjacent to an activating group) is 1. The zero-order valence-corrected chi connectivity index (χ0v) is 9.64. The number of carbonyl (C=O) groups excluding carboxylic acids is 2. The van der Waals surface area contributed by atoms with Crippen molar-refractivity contribution in [2.24, 2.45) is 0 Å². The van der Waals surface area contributed by atoms with Gasteiger partial charge in [-0.15, -0.1) is 0 Å². The molecule has 4 heteroatoms. The van der Waals surface area contributed by atoms with Gasteiger partial charge >= 0.3 is 5.97 Å². The van der Waals surface area contributed by atoms with Gasteiger partial charge in [0.2, 0.25) is 5.91 Å². The molecule has 0 radical (unpaired) electrons. The lowest BCUT2D eigenvalue weighted by atomic mass is 10.1. The number of ether oxygens (including phenoxy) is 1. The predicted molar refractivity (Wildman–Crippen MR) is 59.6 cm³/mol. The fourth-order valence-electron chi connectivity index (χ4n) is 1.45. The quantitative estimate of drug-likeness (QED) is 0.724. The van der Waals surface area contributed by atoms with Crippen molar-refractivity contribution in [3.8, 4) is 0 Å². The van der Waals surface area contributed by atoms with Gasteiger partial charge in [0.25, 0.3) is 0 Å². The summed E-state index contributed by atoms with van der Waals surface area (Å²) < 4.78 is 4.71.